The van der Waals surface area contributed by atoms with E-state index >= 15 is 0 Å². The second-order valence-corrected chi connectivity index (χ2v) is 8.66. The molecule has 174 valence electrons. The number of halogens is 1. The van der Waals surface area contributed by atoms with E-state index in [4.69, 9.17) is 10.5 Å². The Labute approximate surface area is 202 Å². The third-order valence-corrected chi connectivity index (χ3v) is 4.88. The second-order valence-electron chi connectivity index (χ2n) is 8.66. The number of nitrogens with two attached hydrogens (primary N) is 1. The van der Waals surface area contributed by atoms with E-state index in [-0.39, 0.29) is 41.8 Å². The number of hydrogen-bond donors (Lipinski definition) is 3. The van der Waals surface area contributed by atoms with Crippen LogP contribution >= 0.6 is 24.0 Å². The van der Waals surface area contributed by atoms with Gasteiger partial charge >= 0.3 is 6.09 Å². The highest BCUT2D eigenvalue weighted by Crippen LogP contribution is 2.20. The van der Waals surface area contributed by atoms with Crippen molar-refractivity contribution in [3.05, 3.63) is 35.9 Å². The van der Waals surface area contributed by atoms with E-state index in [2.05, 4.69) is 20.5 Å². The van der Waals surface area contributed by atoms with Crippen LogP contribution in [0.15, 0.2) is 35.3 Å². The zero-order valence-electron chi connectivity index (χ0n) is 18.9. The molecule has 1 saturated heterocycles. The Morgan fingerprint density at radius 3 is 2.55 bits per heavy atom. The molecule has 1 aromatic carbocycles. The largest absolute Gasteiger partial charge is 0.444 e. The third-order valence-electron chi connectivity index (χ3n) is 4.88. The van der Waals surface area contributed by atoms with Gasteiger partial charge in [-0.25, -0.2) is 4.79 Å². The molecule has 1 fully saturated rings. The highest BCUT2D eigenvalue weighted by Gasteiger charge is 2.25. The lowest BCUT2D eigenvalue weighted by Crippen LogP contribution is -2.49. The molecule has 2 rings (SSSR count). The van der Waals surface area contributed by atoms with E-state index in [9.17, 15) is 9.59 Å². The number of alkyl carbamates (subject to hydrolysis) is 1. The predicted molar refractivity (Wildman–Crippen MR) is 133 cm³/mol. The summed E-state index contributed by atoms with van der Waals surface area (Å²) in [6, 6.07) is 9.46. The van der Waals surface area contributed by atoms with Crippen LogP contribution in [0.25, 0.3) is 0 Å². The molecule has 0 radical (unpaired) electrons. The molecule has 1 aliphatic heterocycles. The first-order valence-corrected chi connectivity index (χ1v) is 10.5. The van der Waals surface area contributed by atoms with Crippen molar-refractivity contribution < 1.29 is 14.3 Å². The summed E-state index contributed by atoms with van der Waals surface area (Å²) in [5.74, 6) is 0.714. The Morgan fingerprint density at radius 2 is 1.97 bits per heavy atom. The number of ether oxygens (including phenoxy) is 1. The van der Waals surface area contributed by atoms with Gasteiger partial charge in [-0.2, -0.15) is 0 Å². The number of amides is 2. The number of hydrogen-bond acceptors (Lipinski definition) is 4. The van der Waals surface area contributed by atoms with Crippen molar-refractivity contribution in [1.29, 1.82) is 0 Å². The summed E-state index contributed by atoms with van der Waals surface area (Å²) in [6.07, 6.45) is 1.90. The first-order valence-electron chi connectivity index (χ1n) is 10.5. The van der Waals surface area contributed by atoms with E-state index in [1.54, 1.807) is 7.05 Å². The van der Waals surface area contributed by atoms with E-state index in [0.29, 0.717) is 13.0 Å². The minimum atomic E-state index is -0.571. The molecule has 1 aromatic rings. The molecular formula is C22H36IN5O3. The number of guanidine groups is 1. The van der Waals surface area contributed by atoms with Crippen LogP contribution in [0.3, 0.4) is 0 Å². The Hall–Kier alpha value is -2.04. The van der Waals surface area contributed by atoms with Gasteiger partial charge < -0.3 is 26.0 Å². The summed E-state index contributed by atoms with van der Waals surface area (Å²) in [5.41, 5.74) is 5.77. The van der Waals surface area contributed by atoms with Gasteiger partial charge in [0.25, 0.3) is 0 Å². The number of nitrogens with zero attached hydrogens (tertiary/aromatic N) is 2. The molecule has 4 N–H and O–H groups in total. The topological polar surface area (TPSA) is 109 Å². The molecule has 0 aliphatic carbocycles. The van der Waals surface area contributed by atoms with Crippen LogP contribution in [0.1, 0.15) is 51.6 Å². The molecule has 9 heteroatoms. The number of benzene rings is 1. The first-order chi connectivity index (χ1) is 14.2. The number of aliphatic imine (C=N–C) groups is 1. The van der Waals surface area contributed by atoms with Gasteiger partial charge in [-0.3, -0.25) is 9.79 Å². The molecule has 2 atom stereocenters. The molecule has 31 heavy (non-hydrogen) atoms. The van der Waals surface area contributed by atoms with Gasteiger partial charge in [-0.05, 0) is 45.1 Å². The second kappa shape index (κ2) is 12.7. The number of primary amides is 1. The summed E-state index contributed by atoms with van der Waals surface area (Å²) >= 11 is 0. The number of piperidine rings is 1. The molecular weight excluding hydrogens is 509 g/mol. The molecule has 2 unspecified atom stereocenters. The van der Waals surface area contributed by atoms with Gasteiger partial charge in [-0.1, -0.05) is 30.3 Å². The lowest BCUT2D eigenvalue weighted by molar-refractivity contribution is -0.119. The lowest BCUT2D eigenvalue weighted by atomic mass is 9.95. The van der Waals surface area contributed by atoms with Crippen LogP contribution in [0.4, 0.5) is 4.79 Å². The number of carbonyl (C=O) groups is 2. The predicted octanol–water partition coefficient (Wildman–Crippen LogP) is 3.03. The summed E-state index contributed by atoms with van der Waals surface area (Å²) in [5, 5.41) is 6.32. The minimum absolute atomic E-state index is 0. The summed E-state index contributed by atoms with van der Waals surface area (Å²) in [6.45, 7) is 7.56. The van der Waals surface area contributed by atoms with Crippen LogP contribution in [0.2, 0.25) is 0 Å². The van der Waals surface area contributed by atoms with Gasteiger partial charge in [0.15, 0.2) is 5.96 Å². The molecule has 1 aliphatic rings. The maximum absolute atomic E-state index is 12.4. The van der Waals surface area contributed by atoms with Crippen molar-refractivity contribution in [2.45, 2.75) is 51.7 Å². The highest BCUT2D eigenvalue weighted by molar-refractivity contribution is 14.0. The zero-order valence-corrected chi connectivity index (χ0v) is 21.2. The standard InChI is InChI=1S/C22H35N5O3.HI/c1-22(2,3)30-21(29)26-18(17-10-6-5-7-11-17)14-25-20(24-4)27-12-8-9-16(15-27)13-19(23)28;/h5-7,10-11,16,18H,8-9,12-15H2,1-4H3,(H2,23,28)(H,24,25)(H,26,29);1H. The number of nitrogens with one attached hydrogen (secondary N) is 2. The van der Waals surface area contributed by atoms with Crippen molar-refractivity contribution in [2.75, 3.05) is 26.7 Å². The fourth-order valence-electron chi connectivity index (χ4n) is 3.62. The van der Waals surface area contributed by atoms with Crippen LogP contribution in [0, 0.1) is 5.92 Å². The van der Waals surface area contributed by atoms with Crippen LogP contribution < -0.4 is 16.4 Å². The Morgan fingerprint density at radius 1 is 1.29 bits per heavy atom. The monoisotopic (exact) mass is 545 g/mol. The van der Waals surface area contributed by atoms with E-state index in [0.717, 1.165) is 37.5 Å². The average molecular weight is 545 g/mol. The molecule has 0 aromatic heterocycles. The highest BCUT2D eigenvalue weighted by atomic mass is 127. The lowest BCUT2D eigenvalue weighted by Gasteiger charge is -2.35. The van der Waals surface area contributed by atoms with Crippen molar-refractivity contribution in [3.63, 3.8) is 0 Å². The average Bonchev–Trinajstić information content (AvgIpc) is 2.66. The fourth-order valence-corrected chi connectivity index (χ4v) is 3.62. The third kappa shape index (κ3) is 9.75. The van der Waals surface area contributed by atoms with E-state index in [1.165, 1.54) is 0 Å². The number of rotatable bonds is 6. The van der Waals surface area contributed by atoms with E-state index < -0.39 is 11.7 Å². The fraction of sp³-hybridized carbons (Fsp3) is 0.591. The SMILES string of the molecule is CN=C(NCC(NC(=O)OC(C)(C)C)c1ccccc1)N1CCCC(CC(N)=O)C1.I. The zero-order chi connectivity index (χ0) is 22.1. The van der Waals surface area contributed by atoms with Crippen LogP contribution in [-0.4, -0.2) is 55.1 Å². The normalized spacial score (nSPS) is 17.9. The smallest absolute Gasteiger partial charge is 0.408 e. The molecule has 0 bridgehead atoms. The van der Waals surface area contributed by atoms with Gasteiger partial charge in [0.1, 0.15) is 5.60 Å². The Bertz CT molecular complexity index is 736. The minimum Gasteiger partial charge on any atom is -0.444 e. The quantitative estimate of drug-likeness (QED) is 0.289. The summed E-state index contributed by atoms with van der Waals surface area (Å²) < 4.78 is 5.43. The van der Waals surface area contributed by atoms with Crippen molar-refractivity contribution in [3.8, 4) is 0 Å². The van der Waals surface area contributed by atoms with Crippen LogP contribution in [0.5, 0.6) is 0 Å². The van der Waals surface area contributed by atoms with Crippen LogP contribution in [-0.2, 0) is 9.53 Å². The maximum Gasteiger partial charge on any atom is 0.408 e. The molecule has 0 spiro atoms. The van der Waals surface area contributed by atoms with Crippen molar-refractivity contribution in [1.82, 2.24) is 15.5 Å². The molecule has 0 saturated carbocycles. The maximum atomic E-state index is 12.4. The number of carbonyl (C=O) groups excluding carboxylic acids is 2. The van der Waals surface area contributed by atoms with E-state index in [1.807, 2.05) is 51.1 Å². The van der Waals surface area contributed by atoms with Crippen molar-refractivity contribution in [2.24, 2.45) is 16.6 Å². The number of likely N-dealkylation sites (tertiary alicyclic amines) is 1. The molecule has 8 nitrogen and oxygen atoms in total. The first kappa shape index (κ1) is 27.0. The molecule has 1 heterocycles. The molecule has 2 amide bonds. The Kier molecular flexibility index (Phi) is 11.1. The van der Waals surface area contributed by atoms with Gasteiger partial charge in [0.2, 0.25) is 5.91 Å². The summed E-state index contributed by atoms with van der Waals surface area (Å²) in [7, 11) is 1.73. The van der Waals surface area contributed by atoms with Gasteiger partial charge in [0.05, 0.1) is 6.04 Å². The van der Waals surface area contributed by atoms with Gasteiger partial charge in [-0.15, -0.1) is 24.0 Å². The Balaban J connectivity index is 0.00000480. The van der Waals surface area contributed by atoms with Gasteiger partial charge in [0, 0.05) is 33.1 Å². The summed E-state index contributed by atoms with van der Waals surface area (Å²) in [4.78, 5) is 30.2. The van der Waals surface area contributed by atoms with Crippen molar-refractivity contribution >= 4 is 41.9 Å².